The number of rotatable bonds is 4. The highest BCUT2D eigenvalue weighted by Crippen LogP contribution is 2.21. The molecule has 0 N–H and O–H groups in total. The fourth-order valence-electron chi connectivity index (χ4n) is 2.01. The minimum Gasteiger partial charge on any atom is -0.216 e. The van der Waals surface area contributed by atoms with Gasteiger partial charge in [-0.3, -0.25) is 0 Å². The van der Waals surface area contributed by atoms with Crippen LogP contribution in [0.15, 0.2) is 54.9 Å². The third-order valence-electron chi connectivity index (χ3n) is 2.99. The molecule has 0 spiro atoms. The van der Waals surface area contributed by atoms with Crippen molar-refractivity contribution in [3.8, 4) is 11.1 Å². The molecule has 0 saturated carbocycles. The van der Waals surface area contributed by atoms with Gasteiger partial charge in [-0.1, -0.05) is 61.9 Å². The molecule has 0 radical (unpaired) electrons. The molecule has 92 valence electrons. The van der Waals surface area contributed by atoms with Gasteiger partial charge in [-0.15, -0.1) is 0 Å². The number of halogens is 1. The van der Waals surface area contributed by atoms with Gasteiger partial charge in [0, 0.05) is 0 Å². The average molecular weight is 240 g/mol. The van der Waals surface area contributed by atoms with Gasteiger partial charge in [0.2, 0.25) is 0 Å². The normalized spacial score (nSPS) is 11.0. The summed E-state index contributed by atoms with van der Waals surface area (Å²) in [6, 6.07) is 16.5. The monoisotopic (exact) mass is 240 g/mol. The first-order valence-electron chi connectivity index (χ1n) is 6.29. The lowest BCUT2D eigenvalue weighted by Gasteiger charge is -2.04. The van der Waals surface area contributed by atoms with E-state index in [1.807, 2.05) is 24.3 Å². The molecule has 1 heteroatoms. The summed E-state index contributed by atoms with van der Waals surface area (Å²) in [5.41, 5.74) is 4.61. The maximum absolute atomic E-state index is 12.0. The highest BCUT2D eigenvalue weighted by Gasteiger charge is 1.98. The summed E-state index contributed by atoms with van der Waals surface area (Å²) >= 11 is 0. The van der Waals surface area contributed by atoms with E-state index in [9.17, 15) is 4.39 Å². The molecule has 0 aliphatic rings. The van der Waals surface area contributed by atoms with Crippen molar-refractivity contribution >= 4 is 6.08 Å². The molecule has 0 nitrogen and oxygen atoms in total. The van der Waals surface area contributed by atoms with E-state index >= 15 is 0 Å². The Morgan fingerprint density at radius 2 is 1.44 bits per heavy atom. The lowest BCUT2D eigenvalue weighted by Crippen LogP contribution is -1.83. The van der Waals surface area contributed by atoms with Crippen LogP contribution in [0.1, 0.15) is 24.5 Å². The minimum atomic E-state index is 0.564. The van der Waals surface area contributed by atoms with Crippen molar-refractivity contribution in [3.05, 3.63) is 66.0 Å². The summed E-state index contributed by atoms with van der Waals surface area (Å²) in [5.74, 6) is 0. The average Bonchev–Trinajstić information content (AvgIpc) is 2.41. The summed E-state index contributed by atoms with van der Waals surface area (Å²) < 4.78 is 12.0. The zero-order chi connectivity index (χ0) is 12.8. The predicted molar refractivity (Wildman–Crippen MR) is 76.0 cm³/mol. The Morgan fingerprint density at radius 3 is 1.94 bits per heavy atom. The first kappa shape index (κ1) is 12.6. The van der Waals surface area contributed by atoms with Gasteiger partial charge in [-0.2, -0.15) is 0 Å². The first-order chi connectivity index (χ1) is 8.83. The summed E-state index contributed by atoms with van der Waals surface area (Å²) in [5, 5.41) is 0. The van der Waals surface area contributed by atoms with E-state index in [1.54, 1.807) is 0 Å². The van der Waals surface area contributed by atoms with E-state index in [2.05, 4.69) is 31.2 Å². The van der Waals surface area contributed by atoms with E-state index < -0.39 is 0 Å². The van der Waals surface area contributed by atoms with Crippen LogP contribution < -0.4 is 0 Å². The van der Waals surface area contributed by atoms with Crippen molar-refractivity contribution in [1.82, 2.24) is 0 Å². The molecule has 2 aromatic rings. The van der Waals surface area contributed by atoms with Crippen molar-refractivity contribution < 1.29 is 4.39 Å². The van der Waals surface area contributed by atoms with Gasteiger partial charge in [0.25, 0.3) is 0 Å². The van der Waals surface area contributed by atoms with Crippen LogP contribution in [0.2, 0.25) is 0 Å². The zero-order valence-corrected chi connectivity index (χ0v) is 10.6. The molecule has 0 bridgehead atoms. The molecule has 2 aromatic carbocycles. The summed E-state index contributed by atoms with van der Waals surface area (Å²) in [7, 11) is 0. The fourth-order valence-corrected chi connectivity index (χ4v) is 2.01. The van der Waals surface area contributed by atoms with Gasteiger partial charge in [0.05, 0.1) is 6.33 Å². The van der Waals surface area contributed by atoms with Crippen LogP contribution in [0.4, 0.5) is 4.39 Å². The van der Waals surface area contributed by atoms with Crippen molar-refractivity contribution in [2.45, 2.75) is 19.8 Å². The van der Waals surface area contributed by atoms with Gasteiger partial charge in [0.15, 0.2) is 0 Å². The number of hydrogen-bond donors (Lipinski definition) is 0. The molecule has 0 saturated heterocycles. The van der Waals surface area contributed by atoms with Gasteiger partial charge in [-0.05, 0) is 34.8 Å². The number of hydrogen-bond acceptors (Lipinski definition) is 0. The maximum atomic E-state index is 12.0. The van der Waals surface area contributed by atoms with E-state index in [0.29, 0.717) is 6.33 Å². The van der Waals surface area contributed by atoms with Crippen LogP contribution in [0.25, 0.3) is 17.2 Å². The second kappa shape index (κ2) is 6.15. The lowest BCUT2D eigenvalue weighted by atomic mass is 10.0. The Bertz CT molecular complexity index is 506. The van der Waals surface area contributed by atoms with Crippen LogP contribution in [0, 0.1) is 0 Å². The Hall–Kier alpha value is -1.89. The van der Waals surface area contributed by atoms with Gasteiger partial charge in [-0.25, -0.2) is 4.39 Å². The zero-order valence-electron chi connectivity index (χ0n) is 10.6. The molecule has 0 fully saturated rings. The highest BCUT2D eigenvalue weighted by atomic mass is 19.1. The van der Waals surface area contributed by atoms with E-state index in [1.165, 1.54) is 23.6 Å². The van der Waals surface area contributed by atoms with Crippen molar-refractivity contribution in [1.29, 1.82) is 0 Å². The molecule has 18 heavy (non-hydrogen) atoms. The molecule has 0 heterocycles. The van der Waals surface area contributed by atoms with Crippen LogP contribution in [0.3, 0.4) is 0 Å². The van der Waals surface area contributed by atoms with Crippen LogP contribution in [0.5, 0.6) is 0 Å². The van der Waals surface area contributed by atoms with Crippen LogP contribution in [-0.2, 0) is 6.42 Å². The molecular formula is C17H17F. The van der Waals surface area contributed by atoms with Crippen LogP contribution >= 0.6 is 0 Å². The van der Waals surface area contributed by atoms with Gasteiger partial charge < -0.3 is 0 Å². The lowest BCUT2D eigenvalue weighted by molar-refractivity contribution is 0.727. The van der Waals surface area contributed by atoms with Crippen molar-refractivity contribution in [2.75, 3.05) is 0 Å². The summed E-state index contributed by atoms with van der Waals surface area (Å²) in [6.07, 6.45) is 4.31. The van der Waals surface area contributed by atoms with Crippen molar-refractivity contribution in [2.24, 2.45) is 0 Å². The second-order valence-corrected chi connectivity index (χ2v) is 4.36. The highest BCUT2D eigenvalue weighted by molar-refractivity contribution is 5.65. The fraction of sp³-hybridized carbons (Fsp3) is 0.176. The Labute approximate surface area is 108 Å². The Balaban J connectivity index is 2.20. The standard InChI is InChI=1S/C17H17F/c1-2-3-14-4-8-16(9-5-14)17-10-6-15(7-11-17)12-13-18/h4-13H,2-3H2,1H3. The molecule has 0 aromatic heterocycles. The topological polar surface area (TPSA) is 0 Å². The molecule has 0 aliphatic heterocycles. The summed E-state index contributed by atoms with van der Waals surface area (Å²) in [4.78, 5) is 0. The molecule has 0 unspecified atom stereocenters. The quantitative estimate of drug-likeness (QED) is 0.685. The Kier molecular flexibility index (Phi) is 4.30. The number of aryl methyl sites for hydroxylation is 1. The SMILES string of the molecule is CCCc1ccc(-c2ccc(C=CF)cc2)cc1. The molecule has 0 atom stereocenters. The Morgan fingerprint density at radius 1 is 0.889 bits per heavy atom. The van der Waals surface area contributed by atoms with Gasteiger partial charge >= 0.3 is 0 Å². The smallest absolute Gasteiger partial charge is 0.0872 e. The first-order valence-corrected chi connectivity index (χ1v) is 6.29. The van der Waals surface area contributed by atoms with Gasteiger partial charge in [0.1, 0.15) is 0 Å². The molecule has 2 rings (SSSR count). The second-order valence-electron chi connectivity index (χ2n) is 4.36. The molecule has 0 amide bonds. The third kappa shape index (κ3) is 3.07. The van der Waals surface area contributed by atoms with Crippen LogP contribution in [-0.4, -0.2) is 0 Å². The molecule has 0 aliphatic carbocycles. The molecular weight excluding hydrogens is 223 g/mol. The third-order valence-corrected chi connectivity index (χ3v) is 2.99. The minimum absolute atomic E-state index is 0.564. The summed E-state index contributed by atoms with van der Waals surface area (Å²) in [6.45, 7) is 2.19. The van der Waals surface area contributed by atoms with E-state index in [0.717, 1.165) is 17.5 Å². The van der Waals surface area contributed by atoms with Crippen molar-refractivity contribution in [3.63, 3.8) is 0 Å². The largest absolute Gasteiger partial charge is 0.216 e. The maximum Gasteiger partial charge on any atom is 0.0872 e. The van der Waals surface area contributed by atoms with E-state index in [4.69, 9.17) is 0 Å². The predicted octanol–water partition coefficient (Wildman–Crippen LogP) is 5.25. The number of benzene rings is 2. The van der Waals surface area contributed by atoms with E-state index in [-0.39, 0.29) is 0 Å².